The summed E-state index contributed by atoms with van der Waals surface area (Å²) in [5.74, 6) is -0.834. The minimum Gasteiger partial charge on any atom is -0.481 e. The molecule has 4 nitrogen and oxygen atoms in total. The van der Waals surface area contributed by atoms with Gasteiger partial charge >= 0.3 is 5.97 Å². The first kappa shape index (κ1) is 9.38. The number of pyridine rings is 1. The zero-order valence-corrected chi connectivity index (χ0v) is 6.93. The lowest BCUT2D eigenvalue weighted by Gasteiger charge is -1.97. The SMILES string of the molecule is O=Cc1ccc(CCC(=O)O)cn1. The fraction of sp³-hybridized carbons (Fsp3) is 0.222. The number of rotatable bonds is 4. The van der Waals surface area contributed by atoms with Gasteiger partial charge in [-0.3, -0.25) is 14.6 Å². The molecule has 0 aliphatic carbocycles. The lowest BCUT2D eigenvalue weighted by atomic mass is 10.1. The molecule has 1 rings (SSSR count). The predicted molar refractivity (Wildman–Crippen MR) is 45.6 cm³/mol. The van der Waals surface area contributed by atoms with Gasteiger partial charge in [-0.1, -0.05) is 6.07 Å². The number of aliphatic carboxylic acids is 1. The summed E-state index contributed by atoms with van der Waals surface area (Å²) in [6, 6.07) is 3.28. The van der Waals surface area contributed by atoms with Gasteiger partial charge in [-0.25, -0.2) is 0 Å². The topological polar surface area (TPSA) is 67.3 Å². The van der Waals surface area contributed by atoms with E-state index in [0.717, 1.165) is 5.56 Å². The first-order chi connectivity index (χ1) is 6.22. The van der Waals surface area contributed by atoms with Crippen LogP contribution in [0.1, 0.15) is 22.5 Å². The summed E-state index contributed by atoms with van der Waals surface area (Å²) in [6.45, 7) is 0. The molecule has 0 radical (unpaired) electrons. The lowest BCUT2D eigenvalue weighted by molar-refractivity contribution is -0.136. The molecule has 0 atom stereocenters. The third-order valence-electron chi connectivity index (χ3n) is 1.60. The standard InChI is InChI=1S/C9H9NO3/c11-6-8-3-1-7(5-10-8)2-4-9(12)13/h1,3,5-6H,2,4H2,(H,12,13). The summed E-state index contributed by atoms with van der Waals surface area (Å²) >= 11 is 0. The Morgan fingerprint density at radius 3 is 2.77 bits per heavy atom. The van der Waals surface area contributed by atoms with Gasteiger partial charge in [0.15, 0.2) is 6.29 Å². The van der Waals surface area contributed by atoms with Crippen LogP contribution in [0.2, 0.25) is 0 Å². The fourth-order valence-electron chi connectivity index (χ4n) is 0.905. The Labute approximate surface area is 75.2 Å². The van der Waals surface area contributed by atoms with E-state index in [0.29, 0.717) is 18.4 Å². The summed E-state index contributed by atoms with van der Waals surface area (Å²) in [6.07, 6.45) is 2.71. The van der Waals surface area contributed by atoms with Crippen molar-refractivity contribution >= 4 is 12.3 Å². The number of hydrogen-bond acceptors (Lipinski definition) is 3. The van der Waals surface area contributed by atoms with Crippen molar-refractivity contribution in [3.63, 3.8) is 0 Å². The number of aldehydes is 1. The van der Waals surface area contributed by atoms with Crippen LogP contribution in [0.15, 0.2) is 18.3 Å². The molecule has 0 aliphatic rings. The molecule has 0 saturated heterocycles. The third kappa shape index (κ3) is 3.02. The molecule has 0 unspecified atom stereocenters. The summed E-state index contributed by atoms with van der Waals surface area (Å²) in [5, 5.41) is 8.40. The molecule has 0 fully saturated rings. The molecule has 4 heteroatoms. The molecule has 0 aromatic carbocycles. The van der Waals surface area contributed by atoms with Crippen LogP contribution in [0, 0.1) is 0 Å². The Morgan fingerprint density at radius 2 is 2.31 bits per heavy atom. The van der Waals surface area contributed by atoms with Crippen molar-refractivity contribution in [3.8, 4) is 0 Å². The fourth-order valence-corrected chi connectivity index (χ4v) is 0.905. The molecule has 13 heavy (non-hydrogen) atoms. The number of aromatic nitrogens is 1. The quantitative estimate of drug-likeness (QED) is 0.697. The highest BCUT2D eigenvalue weighted by molar-refractivity contribution is 5.71. The molecule has 0 amide bonds. The van der Waals surface area contributed by atoms with Crippen LogP contribution in [-0.4, -0.2) is 22.3 Å². The number of hydrogen-bond donors (Lipinski definition) is 1. The zero-order chi connectivity index (χ0) is 9.68. The average molecular weight is 179 g/mol. The Hall–Kier alpha value is -1.71. The molecule has 0 aliphatic heterocycles. The molecule has 0 bridgehead atoms. The maximum Gasteiger partial charge on any atom is 0.303 e. The minimum atomic E-state index is -0.834. The van der Waals surface area contributed by atoms with Crippen molar-refractivity contribution in [1.82, 2.24) is 4.98 Å². The third-order valence-corrected chi connectivity index (χ3v) is 1.60. The minimum absolute atomic E-state index is 0.0854. The Bertz CT molecular complexity index is 305. The van der Waals surface area contributed by atoms with Gasteiger partial charge in [0.1, 0.15) is 5.69 Å². The Morgan fingerprint density at radius 1 is 1.54 bits per heavy atom. The highest BCUT2D eigenvalue weighted by Crippen LogP contribution is 2.02. The molecule has 68 valence electrons. The molecular weight excluding hydrogens is 170 g/mol. The van der Waals surface area contributed by atoms with Crippen LogP contribution in [0.25, 0.3) is 0 Å². The Balaban J connectivity index is 2.59. The van der Waals surface area contributed by atoms with Gasteiger partial charge in [-0.05, 0) is 18.1 Å². The number of carboxylic acids is 1. The maximum absolute atomic E-state index is 10.2. The summed E-state index contributed by atoms with van der Waals surface area (Å²) in [7, 11) is 0. The predicted octanol–water partition coefficient (Wildman–Crippen LogP) is 0.911. The van der Waals surface area contributed by atoms with E-state index in [1.54, 1.807) is 12.1 Å². The van der Waals surface area contributed by atoms with E-state index >= 15 is 0 Å². The van der Waals surface area contributed by atoms with Crippen LogP contribution < -0.4 is 0 Å². The van der Waals surface area contributed by atoms with E-state index in [4.69, 9.17) is 5.11 Å². The normalized spacial score (nSPS) is 9.54. The number of carbonyl (C=O) groups is 2. The second-order valence-electron chi connectivity index (χ2n) is 2.60. The highest BCUT2D eigenvalue weighted by Gasteiger charge is 1.99. The van der Waals surface area contributed by atoms with Crippen molar-refractivity contribution in [2.75, 3.05) is 0 Å². The van der Waals surface area contributed by atoms with Gasteiger partial charge in [-0.2, -0.15) is 0 Å². The van der Waals surface area contributed by atoms with E-state index in [1.807, 2.05) is 0 Å². The van der Waals surface area contributed by atoms with E-state index in [-0.39, 0.29) is 6.42 Å². The van der Waals surface area contributed by atoms with E-state index in [9.17, 15) is 9.59 Å². The van der Waals surface area contributed by atoms with Gasteiger partial charge in [0.25, 0.3) is 0 Å². The summed E-state index contributed by atoms with van der Waals surface area (Å²) in [4.78, 5) is 24.3. The molecule has 1 aromatic rings. The molecule has 1 heterocycles. The van der Waals surface area contributed by atoms with Gasteiger partial charge < -0.3 is 5.11 Å². The molecule has 1 N–H and O–H groups in total. The van der Waals surface area contributed by atoms with E-state index in [1.165, 1.54) is 6.20 Å². The number of carbonyl (C=O) groups excluding carboxylic acids is 1. The average Bonchev–Trinajstić information content (AvgIpc) is 2.15. The largest absolute Gasteiger partial charge is 0.481 e. The van der Waals surface area contributed by atoms with Crippen molar-refractivity contribution < 1.29 is 14.7 Å². The number of carboxylic acid groups (broad SMARTS) is 1. The molecular formula is C9H9NO3. The molecule has 0 spiro atoms. The highest BCUT2D eigenvalue weighted by atomic mass is 16.4. The van der Waals surface area contributed by atoms with Gasteiger partial charge in [0.05, 0.1) is 0 Å². The first-order valence-corrected chi connectivity index (χ1v) is 3.84. The zero-order valence-electron chi connectivity index (χ0n) is 6.93. The van der Waals surface area contributed by atoms with Crippen LogP contribution in [0.4, 0.5) is 0 Å². The van der Waals surface area contributed by atoms with Crippen LogP contribution in [0.3, 0.4) is 0 Å². The lowest BCUT2D eigenvalue weighted by Crippen LogP contribution is -1.98. The number of nitrogens with zero attached hydrogens (tertiary/aromatic N) is 1. The second-order valence-corrected chi connectivity index (χ2v) is 2.60. The van der Waals surface area contributed by atoms with Gasteiger partial charge in [-0.15, -0.1) is 0 Å². The monoisotopic (exact) mass is 179 g/mol. The van der Waals surface area contributed by atoms with E-state index < -0.39 is 5.97 Å². The van der Waals surface area contributed by atoms with E-state index in [2.05, 4.69) is 4.98 Å². The van der Waals surface area contributed by atoms with Crippen LogP contribution in [-0.2, 0) is 11.2 Å². The number of aryl methyl sites for hydroxylation is 1. The van der Waals surface area contributed by atoms with Gasteiger partial charge in [0, 0.05) is 12.6 Å². The van der Waals surface area contributed by atoms with Crippen molar-refractivity contribution in [3.05, 3.63) is 29.6 Å². The Kier molecular flexibility index (Phi) is 3.14. The summed E-state index contributed by atoms with van der Waals surface area (Å²) in [5.41, 5.74) is 1.19. The van der Waals surface area contributed by atoms with Gasteiger partial charge in [0.2, 0.25) is 0 Å². The molecule has 0 saturated carbocycles. The van der Waals surface area contributed by atoms with Crippen molar-refractivity contribution in [2.45, 2.75) is 12.8 Å². The van der Waals surface area contributed by atoms with Crippen LogP contribution in [0.5, 0.6) is 0 Å². The van der Waals surface area contributed by atoms with Crippen molar-refractivity contribution in [1.29, 1.82) is 0 Å². The molecule has 1 aromatic heterocycles. The first-order valence-electron chi connectivity index (χ1n) is 3.84. The van der Waals surface area contributed by atoms with Crippen molar-refractivity contribution in [2.24, 2.45) is 0 Å². The summed E-state index contributed by atoms with van der Waals surface area (Å²) < 4.78 is 0. The second kappa shape index (κ2) is 4.35. The van der Waals surface area contributed by atoms with Crippen LogP contribution >= 0.6 is 0 Å². The smallest absolute Gasteiger partial charge is 0.303 e. The maximum atomic E-state index is 10.2.